The third-order valence-corrected chi connectivity index (χ3v) is 6.80. The Balaban J connectivity index is 1.35. The van der Waals surface area contributed by atoms with Gasteiger partial charge in [0.15, 0.2) is 0 Å². The summed E-state index contributed by atoms with van der Waals surface area (Å²) in [5.41, 5.74) is 0.688. The molecular weight excluding hydrogens is 353 g/mol. The second-order valence-electron chi connectivity index (χ2n) is 8.59. The maximum absolute atomic E-state index is 13.2. The van der Waals surface area contributed by atoms with Gasteiger partial charge in [0.25, 0.3) is 0 Å². The molecule has 0 unspecified atom stereocenters. The van der Waals surface area contributed by atoms with Gasteiger partial charge >= 0.3 is 6.18 Å². The maximum atomic E-state index is 13.2. The van der Waals surface area contributed by atoms with E-state index >= 15 is 0 Å². The van der Waals surface area contributed by atoms with Crippen LogP contribution in [0.4, 0.5) is 13.2 Å². The largest absolute Gasteiger partial charge is 0.416 e. The average molecular weight is 380 g/mol. The Hall–Kier alpha value is -1.56. The molecule has 2 heterocycles. The third kappa shape index (κ3) is 3.60. The Morgan fingerprint density at radius 1 is 1.22 bits per heavy atom. The summed E-state index contributed by atoms with van der Waals surface area (Å²) in [6, 6.07) is 4.69. The van der Waals surface area contributed by atoms with E-state index in [-0.39, 0.29) is 28.8 Å². The van der Waals surface area contributed by atoms with Crippen LogP contribution in [0.2, 0.25) is 0 Å². The van der Waals surface area contributed by atoms with Gasteiger partial charge in [0.05, 0.1) is 5.56 Å². The van der Waals surface area contributed by atoms with E-state index < -0.39 is 11.7 Å². The van der Waals surface area contributed by atoms with Crippen LogP contribution in [0.25, 0.3) is 0 Å². The fourth-order valence-corrected chi connectivity index (χ4v) is 5.17. The molecule has 6 heteroatoms. The third-order valence-electron chi connectivity index (χ3n) is 6.80. The van der Waals surface area contributed by atoms with E-state index in [0.29, 0.717) is 13.1 Å². The number of amides is 1. The topological polar surface area (TPSA) is 32.3 Å². The van der Waals surface area contributed by atoms with Crippen molar-refractivity contribution >= 4 is 5.91 Å². The lowest BCUT2D eigenvalue weighted by atomic mass is 9.67. The molecule has 1 spiro atoms. The molecule has 0 atom stereocenters. The van der Waals surface area contributed by atoms with Gasteiger partial charge in [-0.15, -0.1) is 0 Å². The van der Waals surface area contributed by atoms with Crippen LogP contribution in [-0.2, 0) is 11.0 Å². The van der Waals surface area contributed by atoms with Gasteiger partial charge in [0.2, 0.25) is 5.91 Å². The normalized spacial score (nSPS) is 29.2. The molecule has 148 valence electrons. The van der Waals surface area contributed by atoms with Gasteiger partial charge in [-0.25, -0.2) is 0 Å². The van der Waals surface area contributed by atoms with Crippen molar-refractivity contribution in [1.29, 1.82) is 0 Å². The smallest absolute Gasteiger partial charge is 0.342 e. The molecule has 1 aromatic rings. The molecule has 3 nitrogen and oxygen atoms in total. The van der Waals surface area contributed by atoms with Crippen molar-refractivity contribution in [2.45, 2.75) is 63.1 Å². The number of piperidine rings is 1. The molecule has 0 radical (unpaired) electrons. The first kappa shape index (κ1) is 18.8. The molecule has 1 amide bonds. The molecule has 3 fully saturated rings. The van der Waals surface area contributed by atoms with E-state index in [1.54, 1.807) is 6.07 Å². The number of halogens is 3. The Kier molecular flexibility index (Phi) is 4.73. The average Bonchev–Trinajstić information content (AvgIpc) is 3.10. The van der Waals surface area contributed by atoms with Gasteiger partial charge in [0, 0.05) is 24.5 Å². The number of benzene rings is 1. The Bertz CT molecular complexity index is 709. The highest BCUT2D eigenvalue weighted by atomic mass is 19.4. The van der Waals surface area contributed by atoms with E-state index in [1.165, 1.54) is 25.8 Å². The molecule has 2 saturated heterocycles. The molecule has 1 aromatic carbocycles. The minimum Gasteiger partial charge on any atom is -0.342 e. The van der Waals surface area contributed by atoms with Gasteiger partial charge in [0.1, 0.15) is 0 Å². The highest BCUT2D eigenvalue weighted by Crippen LogP contribution is 2.45. The summed E-state index contributed by atoms with van der Waals surface area (Å²) < 4.78 is 39.5. The van der Waals surface area contributed by atoms with E-state index in [0.717, 1.165) is 37.8 Å². The second kappa shape index (κ2) is 6.80. The molecule has 2 aliphatic heterocycles. The van der Waals surface area contributed by atoms with E-state index in [9.17, 15) is 18.0 Å². The molecule has 3 aliphatic rings. The molecule has 1 saturated carbocycles. The monoisotopic (exact) mass is 380 g/mol. The van der Waals surface area contributed by atoms with Gasteiger partial charge in [-0.05, 0) is 75.1 Å². The SMILES string of the molecule is Cc1ccc(C2CCN(C(=O)[C@H]3C[C@]4(CCCN4)C3)CC2)cc1C(F)(F)F. The van der Waals surface area contributed by atoms with Crippen LogP contribution >= 0.6 is 0 Å². The fourth-order valence-electron chi connectivity index (χ4n) is 5.17. The van der Waals surface area contributed by atoms with Crippen LogP contribution in [0.1, 0.15) is 61.1 Å². The summed E-state index contributed by atoms with van der Waals surface area (Å²) in [5, 5.41) is 3.55. The van der Waals surface area contributed by atoms with Crippen molar-refractivity contribution in [3.8, 4) is 0 Å². The van der Waals surface area contributed by atoms with E-state index in [4.69, 9.17) is 0 Å². The van der Waals surface area contributed by atoms with Crippen molar-refractivity contribution in [3.63, 3.8) is 0 Å². The molecule has 0 bridgehead atoms. The number of carbonyl (C=O) groups excluding carboxylic acids is 1. The quantitative estimate of drug-likeness (QED) is 0.832. The zero-order valence-corrected chi connectivity index (χ0v) is 15.7. The van der Waals surface area contributed by atoms with Crippen LogP contribution in [0.5, 0.6) is 0 Å². The summed E-state index contributed by atoms with van der Waals surface area (Å²) in [6.45, 7) is 3.85. The zero-order valence-electron chi connectivity index (χ0n) is 15.7. The van der Waals surface area contributed by atoms with Crippen LogP contribution < -0.4 is 5.32 Å². The minimum atomic E-state index is -4.31. The minimum absolute atomic E-state index is 0.0972. The number of nitrogens with one attached hydrogen (secondary N) is 1. The summed E-state index contributed by atoms with van der Waals surface area (Å²) in [6.07, 6.45) is 1.42. The predicted octanol–water partition coefficient (Wildman–Crippen LogP) is 4.25. The zero-order chi connectivity index (χ0) is 19.2. The Morgan fingerprint density at radius 2 is 1.93 bits per heavy atom. The number of alkyl halides is 3. The number of aryl methyl sites for hydroxylation is 1. The summed E-state index contributed by atoms with van der Waals surface area (Å²) >= 11 is 0. The van der Waals surface area contributed by atoms with Crippen molar-refractivity contribution < 1.29 is 18.0 Å². The van der Waals surface area contributed by atoms with Crippen molar-refractivity contribution in [2.75, 3.05) is 19.6 Å². The van der Waals surface area contributed by atoms with Gasteiger partial charge in [-0.2, -0.15) is 13.2 Å². The molecular formula is C21H27F3N2O. The number of likely N-dealkylation sites (tertiary alicyclic amines) is 1. The number of hydrogen-bond donors (Lipinski definition) is 1. The first-order chi connectivity index (χ1) is 12.8. The van der Waals surface area contributed by atoms with Crippen LogP contribution in [0, 0.1) is 12.8 Å². The fraction of sp³-hybridized carbons (Fsp3) is 0.667. The molecule has 0 aromatic heterocycles. The number of nitrogens with zero attached hydrogens (tertiary/aromatic N) is 1. The Labute approximate surface area is 158 Å². The molecule has 27 heavy (non-hydrogen) atoms. The van der Waals surface area contributed by atoms with Gasteiger partial charge in [-0.1, -0.05) is 12.1 Å². The molecule has 4 rings (SSSR count). The summed E-state index contributed by atoms with van der Waals surface area (Å²) in [5.74, 6) is 0.469. The summed E-state index contributed by atoms with van der Waals surface area (Å²) in [7, 11) is 0. The Morgan fingerprint density at radius 3 is 2.52 bits per heavy atom. The maximum Gasteiger partial charge on any atom is 0.416 e. The van der Waals surface area contributed by atoms with Crippen LogP contribution in [0.15, 0.2) is 18.2 Å². The van der Waals surface area contributed by atoms with Crippen LogP contribution in [-0.4, -0.2) is 36.0 Å². The molecule has 1 N–H and O–H groups in total. The van der Waals surface area contributed by atoms with Crippen LogP contribution in [0.3, 0.4) is 0 Å². The number of carbonyl (C=O) groups is 1. The summed E-state index contributed by atoms with van der Waals surface area (Å²) in [4.78, 5) is 14.7. The lowest BCUT2D eigenvalue weighted by Crippen LogP contribution is -2.56. The van der Waals surface area contributed by atoms with Crippen molar-refractivity contribution in [3.05, 3.63) is 34.9 Å². The second-order valence-corrected chi connectivity index (χ2v) is 8.59. The van der Waals surface area contributed by atoms with E-state index in [2.05, 4.69) is 5.32 Å². The van der Waals surface area contributed by atoms with Gasteiger partial charge < -0.3 is 10.2 Å². The number of rotatable bonds is 2. The first-order valence-corrected chi connectivity index (χ1v) is 9.99. The highest BCUT2D eigenvalue weighted by Gasteiger charge is 2.49. The predicted molar refractivity (Wildman–Crippen MR) is 97.4 cm³/mol. The molecule has 1 aliphatic carbocycles. The number of hydrogen-bond acceptors (Lipinski definition) is 2. The standard InChI is InChI=1S/C21H27F3N2O/c1-14-3-4-16(11-18(14)21(22,23)24)15-5-9-26(10-6-15)19(27)17-12-20(13-17)7-2-8-25-20/h3-4,11,15,17,25H,2,5-10,12-13H2,1H3/t17-,20+. The van der Waals surface area contributed by atoms with Crippen molar-refractivity contribution in [1.82, 2.24) is 10.2 Å². The first-order valence-electron chi connectivity index (χ1n) is 9.99. The van der Waals surface area contributed by atoms with E-state index in [1.807, 2.05) is 11.0 Å². The van der Waals surface area contributed by atoms with Crippen molar-refractivity contribution in [2.24, 2.45) is 5.92 Å². The lowest BCUT2D eigenvalue weighted by molar-refractivity contribution is -0.142. The highest BCUT2D eigenvalue weighted by molar-refractivity contribution is 5.80. The van der Waals surface area contributed by atoms with Gasteiger partial charge in [-0.3, -0.25) is 4.79 Å². The lowest BCUT2D eigenvalue weighted by Gasteiger charge is -2.47.